The second-order valence-electron chi connectivity index (χ2n) is 11.7. The van der Waals surface area contributed by atoms with Crippen LogP contribution in [0, 0.1) is 41.4 Å². The SMILES string of the molecule is O=C1[C@@H]2[C@H]3C(=C(c4ccccc4)C[C@H]2C(=O)N1c1cccc(Cl)c1)[C@H]1C=C[C@H]3[C@@H]2C(=O)N(c3cccc(Cl)c3)C(=O)[C@@H]21. The Kier molecular flexibility index (Phi) is 5.66. The smallest absolute Gasteiger partial charge is 0.238 e. The number of rotatable bonds is 3. The van der Waals surface area contributed by atoms with E-state index in [4.69, 9.17) is 23.2 Å². The van der Waals surface area contributed by atoms with Crippen LogP contribution >= 0.6 is 23.2 Å². The first-order valence-electron chi connectivity index (χ1n) is 14.1. The number of hydrogen-bond donors (Lipinski definition) is 0. The Bertz CT molecular complexity index is 1780. The molecule has 2 bridgehead atoms. The van der Waals surface area contributed by atoms with Crippen molar-refractivity contribution in [3.05, 3.63) is 112 Å². The molecule has 0 spiro atoms. The van der Waals surface area contributed by atoms with Gasteiger partial charge in [-0.2, -0.15) is 0 Å². The van der Waals surface area contributed by atoms with Gasteiger partial charge in [-0.25, -0.2) is 9.80 Å². The largest absolute Gasteiger partial charge is 0.274 e. The Morgan fingerprint density at radius 2 is 1.19 bits per heavy atom. The number of benzene rings is 3. The van der Waals surface area contributed by atoms with Crippen molar-refractivity contribution in [1.29, 1.82) is 0 Å². The molecule has 0 unspecified atom stereocenters. The van der Waals surface area contributed by atoms with Crippen LogP contribution in [0.15, 0.2) is 96.6 Å². The molecule has 2 heterocycles. The van der Waals surface area contributed by atoms with E-state index in [0.717, 1.165) is 16.7 Å². The summed E-state index contributed by atoms with van der Waals surface area (Å²) in [6, 6.07) is 23.4. The molecular formula is C34H24Cl2N2O4. The van der Waals surface area contributed by atoms with Crippen molar-refractivity contribution in [2.24, 2.45) is 41.4 Å². The molecule has 8 heteroatoms. The maximum atomic E-state index is 14.2. The lowest BCUT2D eigenvalue weighted by atomic mass is 9.49. The third-order valence-electron chi connectivity index (χ3n) is 9.76. The van der Waals surface area contributed by atoms with Crippen LogP contribution in [0.3, 0.4) is 0 Å². The van der Waals surface area contributed by atoms with Gasteiger partial charge in [0.05, 0.1) is 35.0 Å². The molecule has 0 N–H and O–H groups in total. The van der Waals surface area contributed by atoms with Gasteiger partial charge in [-0.1, -0.05) is 83.4 Å². The molecule has 1 saturated carbocycles. The number of hydrogen-bond acceptors (Lipinski definition) is 4. The number of fused-ring (bicyclic) bond motifs is 1. The fourth-order valence-corrected chi connectivity index (χ4v) is 8.62. The summed E-state index contributed by atoms with van der Waals surface area (Å²) in [5, 5.41) is 0.872. The molecule has 4 amide bonds. The molecule has 2 saturated heterocycles. The summed E-state index contributed by atoms with van der Waals surface area (Å²) in [6.07, 6.45) is 4.44. The van der Waals surface area contributed by atoms with Crippen LogP contribution in [-0.4, -0.2) is 23.6 Å². The monoisotopic (exact) mass is 594 g/mol. The third-order valence-corrected chi connectivity index (χ3v) is 10.2. The molecule has 6 nitrogen and oxygen atoms in total. The first-order valence-corrected chi connectivity index (χ1v) is 14.8. The van der Waals surface area contributed by atoms with E-state index in [1.807, 2.05) is 42.5 Å². The van der Waals surface area contributed by atoms with Crippen molar-refractivity contribution in [1.82, 2.24) is 0 Å². The summed E-state index contributed by atoms with van der Waals surface area (Å²) < 4.78 is 0. The number of nitrogens with zero attached hydrogens (tertiary/aromatic N) is 2. The zero-order chi connectivity index (χ0) is 28.9. The molecule has 6 aliphatic rings. The molecule has 0 aromatic heterocycles. The Hall–Kier alpha value is -4.00. The fourth-order valence-electron chi connectivity index (χ4n) is 8.26. The highest BCUT2D eigenvalue weighted by Crippen LogP contribution is 2.63. The molecule has 3 aromatic carbocycles. The van der Waals surface area contributed by atoms with Crippen molar-refractivity contribution >= 4 is 63.8 Å². The van der Waals surface area contributed by atoms with Gasteiger partial charge < -0.3 is 0 Å². The lowest BCUT2D eigenvalue weighted by molar-refractivity contribution is -0.129. The number of allylic oxidation sites excluding steroid dienone is 4. The number of anilines is 2. The van der Waals surface area contributed by atoms with E-state index in [9.17, 15) is 19.2 Å². The lowest BCUT2D eigenvalue weighted by Crippen LogP contribution is -2.51. The summed E-state index contributed by atoms with van der Waals surface area (Å²) in [7, 11) is 0. The van der Waals surface area contributed by atoms with Crippen molar-refractivity contribution in [3.8, 4) is 0 Å². The Morgan fingerprint density at radius 1 is 0.595 bits per heavy atom. The quantitative estimate of drug-likeness (QED) is 0.267. The van der Waals surface area contributed by atoms with Crippen LogP contribution < -0.4 is 9.80 Å². The van der Waals surface area contributed by atoms with E-state index >= 15 is 0 Å². The van der Waals surface area contributed by atoms with Crippen LogP contribution in [0.5, 0.6) is 0 Å². The molecule has 3 aromatic rings. The van der Waals surface area contributed by atoms with Crippen LogP contribution in [0.1, 0.15) is 12.0 Å². The summed E-state index contributed by atoms with van der Waals surface area (Å²) in [5.74, 6) is -4.63. The Balaban J connectivity index is 1.29. The van der Waals surface area contributed by atoms with Crippen LogP contribution in [-0.2, 0) is 19.2 Å². The van der Waals surface area contributed by atoms with E-state index in [2.05, 4.69) is 0 Å². The maximum absolute atomic E-state index is 14.2. The van der Waals surface area contributed by atoms with Crippen LogP contribution in [0.2, 0.25) is 10.0 Å². The number of amides is 4. The molecule has 4 aliphatic carbocycles. The summed E-state index contributed by atoms with van der Waals surface area (Å²) in [6.45, 7) is 0. The second-order valence-corrected chi connectivity index (χ2v) is 12.6. The first kappa shape index (κ1) is 25.7. The van der Waals surface area contributed by atoms with Crippen molar-refractivity contribution < 1.29 is 19.2 Å². The second kappa shape index (κ2) is 9.25. The molecular weight excluding hydrogens is 571 g/mol. The zero-order valence-corrected chi connectivity index (χ0v) is 23.7. The van der Waals surface area contributed by atoms with E-state index in [1.54, 1.807) is 48.5 Å². The number of imide groups is 2. The number of carbonyl (C=O) groups is 4. The minimum Gasteiger partial charge on any atom is -0.274 e. The predicted molar refractivity (Wildman–Crippen MR) is 159 cm³/mol. The zero-order valence-electron chi connectivity index (χ0n) is 22.2. The minimum absolute atomic E-state index is 0.249. The van der Waals surface area contributed by atoms with Gasteiger partial charge in [0.15, 0.2) is 0 Å². The van der Waals surface area contributed by atoms with E-state index in [1.165, 1.54) is 9.80 Å². The Morgan fingerprint density at radius 3 is 1.83 bits per heavy atom. The van der Waals surface area contributed by atoms with E-state index in [0.29, 0.717) is 27.8 Å². The molecule has 208 valence electrons. The van der Waals surface area contributed by atoms with Crippen molar-refractivity contribution in [3.63, 3.8) is 0 Å². The van der Waals surface area contributed by atoms with Crippen LogP contribution in [0.25, 0.3) is 5.57 Å². The van der Waals surface area contributed by atoms with Gasteiger partial charge in [0.25, 0.3) is 0 Å². The average Bonchev–Trinajstić information content (AvgIpc) is 3.42. The molecule has 0 radical (unpaired) electrons. The topological polar surface area (TPSA) is 74.8 Å². The van der Waals surface area contributed by atoms with Gasteiger partial charge in [-0.05, 0) is 59.9 Å². The average molecular weight is 595 g/mol. The first-order chi connectivity index (χ1) is 20.3. The van der Waals surface area contributed by atoms with Gasteiger partial charge in [-0.15, -0.1) is 0 Å². The van der Waals surface area contributed by atoms with Gasteiger partial charge in [0, 0.05) is 21.9 Å². The molecule has 7 atom stereocenters. The third kappa shape index (κ3) is 3.45. The number of carbonyl (C=O) groups excluding carboxylic acids is 4. The molecule has 2 aliphatic heterocycles. The lowest BCUT2D eigenvalue weighted by Gasteiger charge is -2.51. The van der Waals surface area contributed by atoms with E-state index < -0.39 is 29.6 Å². The molecule has 42 heavy (non-hydrogen) atoms. The normalized spacial score (nSPS) is 31.1. The van der Waals surface area contributed by atoms with Gasteiger partial charge >= 0.3 is 0 Å². The highest BCUT2D eigenvalue weighted by molar-refractivity contribution is 6.32. The van der Waals surface area contributed by atoms with Gasteiger partial charge in [0.2, 0.25) is 23.6 Å². The van der Waals surface area contributed by atoms with Gasteiger partial charge in [-0.3, -0.25) is 19.2 Å². The predicted octanol–water partition coefficient (Wildman–Crippen LogP) is 6.19. The van der Waals surface area contributed by atoms with Crippen molar-refractivity contribution in [2.75, 3.05) is 9.80 Å². The highest BCUT2D eigenvalue weighted by Gasteiger charge is 2.67. The minimum atomic E-state index is -0.638. The van der Waals surface area contributed by atoms with Crippen molar-refractivity contribution in [2.45, 2.75) is 6.42 Å². The van der Waals surface area contributed by atoms with E-state index in [-0.39, 0.29) is 35.5 Å². The molecule has 3 fully saturated rings. The van der Waals surface area contributed by atoms with Gasteiger partial charge in [0.1, 0.15) is 0 Å². The highest BCUT2D eigenvalue weighted by atomic mass is 35.5. The fraction of sp³-hybridized carbons (Fsp3) is 0.235. The summed E-state index contributed by atoms with van der Waals surface area (Å²) in [4.78, 5) is 58.9. The number of halogens is 2. The standard InChI is InChI=1S/C34H24Cl2N2O4/c35-18-8-4-10-20(14-18)37-31(39)25-16-24(17-6-2-1-3-7-17)26-22-12-13-23(27(26)30(25)34(37)42)29-28(22)32(40)38(33(29)41)21-11-5-9-19(36)15-21/h1-15,22-23,25,27-30H,16H2/t22-,23-,25-,27-,28-,29+,30+/m1/s1. The summed E-state index contributed by atoms with van der Waals surface area (Å²) in [5.41, 5.74) is 3.87. The molecule has 9 rings (SSSR count). The Labute approximate surface area is 252 Å². The maximum Gasteiger partial charge on any atom is 0.238 e. The summed E-state index contributed by atoms with van der Waals surface area (Å²) >= 11 is 12.5. The van der Waals surface area contributed by atoms with Crippen LogP contribution in [0.4, 0.5) is 11.4 Å².